The van der Waals surface area contributed by atoms with Gasteiger partial charge in [0.25, 0.3) is 0 Å². The second-order valence-electron chi connectivity index (χ2n) is 6.97. The van der Waals surface area contributed by atoms with Crippen molar-refractivity contribution in [2.75, 3.05) is 6.61 Å². The Balaban J connectivity index is 1.98. The third-order valence-electron chi connectivity index (χ3n) is 4.33. The zero-order valence-electron chi connectivity index (χ0n) is 15.9. The number of esters is 1. The maximum Gasteiger partial charge on any atom is 0.342 e. The quantitative estimate of drug-likeness (QED) is 0.458. The van der Waals surface area contributed by atoms with E-state index >= 15 is 0 Å². The number of benzene rings is 2. The maximum atomic E-state index is 12.6. The number of hydrogen-bond acceptors (Lipinski definition) is 4. The van der Waals surface area contributed by atoms with Gasteiger partial charge in [0.1, 0.15) is 11.3 Å². The minimum absolute atomic E-state index is 0.135. The highest BCUT2D eigenvalue weighted by molar-refractivity contribution is 6.04. The topological polar surface area (TPSA) is 61.2 Å². The molecule has 0 aliphatic carbocycles. The summed E-state index contributed by atoms with van der Waals surface area (Å²) < 4.78 is 6.77. The molecule has 0 aliphatic heterocycles. The number of carbonyl (C=O) groups excluding carboxylic acids is 2. The van der Waals surface area contributed by atoms with Crippen LogP contribution in [0.1, 0.15) is 53.6 Å². The van der Waals surface area contributed by atoms with Gasteiger partial charge in [0.15, 0.2) is 5.78 Å². The van der Waals surface area contributed by atoms with Crippen LogP contribution in [-0.2, 0) is 11.3 Å². The minimum atomic E-state index is -0.506. The van der Waals surface area contributed by atoms with E-state index in [1.807, 2.05) is 38.1 Å². The lowest BCUT2D eigenvalue weighted by atomic mass is 10.0. The van der Waals surface area contributed by atoms with Crippen molar-refractivity contribution < 1.29 is 14.3 Å². The van der Waals surface area contributed by atoms with Crippen LogP contribution in [-0.4, -0.2) is 28.1 Å². The molecular weight excluding hydrogens is 340 g/mol. The third-order valence-corrected chi connectivity index (χ3v) is 4.33. The largest absolute Gasteiger partial charge is 0.462 e. The van der Waals surface area contributed by atoms with E-state index in [9.17, 15) is 9.59 Å². The molecule has 0 atom stereocenters. The lowest BCUT2D eigenvalue weighted by Crippen LogP contribution is -2.12. The van der Waals surface area contributed by atoms with Crippen molar-refractivity contribution in [3.05, 3.63) is 65.5 Å². The highest BCUT2D eigenvalue weighted by Gasteiger charge is 2.23. The average molecular weight is 364 g/mol. The predicted molar refractivity (Wildman–Crippen MR) is 105 cm³/mol. The van der Waals surface area contributed by atoms with E-state index in [1.165, 1.54) is 0 Å². The summed E-state index contributed by atoms with van der Waals surface area (Å²) in [6, 6.07) is 14.2. The van der Waals surface area contributed by atoms with Crippen LogP contribution < -0.4 is 0 Å². The first-order valence-electron chi connectivity index (χ1n) is 9.24. The average Bonchev–Trinajstić information content (AvgIpc) is 3.06. The summed E-state index contributed by atoms with van der Waals surface area (Å²) in [6.07, 6.45) is 1.96. The summed E-state index contributed by atoms with van der Waals surface area (Å²) in [5, 5.41) is 6.71. The van der Waals surface area contributed by atoms with Crippen molar-refractivity contribution in [1.29, 1.82) is 0 Å². The molecule has 3 aromatic rings. The van der Waals surface area contributed by atoms with Crippen molar-refractivity contribution in [2.45, 2.75) is 33.7 Å². The molecule has 0 aliphatic rings. The zero-order valence-corrected chi connectivity index (χ0v) is 15.9. The van der Waals surface area contributed by atoms with Crippen LogP contribution >= 0.6 is 0 Å². The van der Waals surface area contributed by atoms with Gasteiger partial charge >= 0.3 is 5.97 Å². The van der Waals surface area contributed by atoms with E-state index in [0.29, 0.717) is 13.0 Å². The van der Waals surface area contributed by atoms with E-state index < -0.39 is 5.97 Å². The molecule has 3 rings (SSSR count). The van der Waals surface area contributed by atoms with Gasteiger partial charge < -0.3 is 4.74 Å². The van der Waals surface area contributed by atoms with E-state index in [0.717, 1.165) is 16.3 Å². The van der Waals surface area contributed by atoms with Gasteiger partial charge in [-0.15, -0.1) is 0 Å². The molecule has 27 heavy (non-hydrogen) atoms. The number of hydrogen-bond donors (Lipinski definition) is 0. The summed E-state index contributed by atoms with van der Waals surface area (Å²) in [5.41, 5.74) is 1.51. The van der Waals surface area contributed by atoms with Crippen LogP contribution in [0.2, 0.25) is 0 Å². The molecule has 0 amide bonds. The number of aromatic nitrogens is 2. The number of nitrogens with zero attached hydrogens (tertiary/aromatic N) is 2. The van der Waals surface area contributed by atoms with Gasteiger partial charge in [-0.1, -0.05) is 56.3 Å². The Morgan fingerprint density at radius 3 is 2.59 bits per heavy atom. The summed E-state index contributed by atoms with van der Waals surface area (Å²) in [4.78, 5) is 24.9. The molecule has 0 bridgehead atoms. The minimum Gasteiger partial charge on any atom is -0.462 e. The Bertz CT molecular complexity index is 967. The second-order valence-corrected chi connectivity index (χ2v) is 6.97. The highest BCUT2D eigenvalue weighted by atomic mass is 16.5. The first kappa shape index (κ1) is 18.8. The fraction of sp³-hybridized carbons (Fsp3) is 0.318. The van der Waals surface area contributed by atoms with Gasteiger partial charge in [-0.05, 0) is 29.2 Å². The Morgan fingerprint density at radius 1 is 1.11 bits per heavy atom. The normalized spacial score (nSPS) is 11.1. The molecule has 5 heteroatoms. The van der Waals surface area contributed by atoms with Gasteiger partial charge in [-0.2, -0.15) is 5.10 Å². The van der Waals surface area contributed by atoms with Crippen LogP contribution in [0.25, 0.3) is 10.8 Å². The number of fused-ring (bicyclic) bond motifs is 1. The molecule has 0 saturated heterocycles. The Kier molecular flexibility index (Phi) is 5.69. The van der Waals surface area contributed by atoms with Crippen molar-refractivity contribution >= 4 is 22.5 Å². The zero-order chi connectivity index (χ0) is 19.4. The van der Waals surface area contributed by atoms with Crippen LogP contribution in [0.3, 0.4) is 0 Å². The number of Topliss-reactive ketones (excluding diaryl/α,β-unsaturated/α-hetero) is 1. The third kappa shape index (κ3) is 4.25. The number of carbonyl (C=O) groups is 2. The summed E-state index contributed by atoms with van der Waals surface area (Å²) in [5.74, 6) is -0.450. The number of rotatable bonds is 7. The predicted octanol–water partition coefficient (Wildman–Crippen LogP) is 4.49. The lowest BCUT2D eigenvalue weighted by Gasteiger charge is -2.06. The van der Waals surface area contributed by atoms with Crippen LogP contribution in [0, 0.1) is 5.92 Å². The SMILES string of the molecule is CCOC(=O)c1cn(Cc2cccc3ccccc23)nc1C(=O)CC(C)C. The Hall–Kier alpha value is -2.95. The van der Waals surface area contributed by atoms with Gasteiger partial charge in [-0.3, -0.25) is 9.48 Å². The monoisotopic (exact) mass is 364 g/mol. The molecule has 0 fully saturated rings. The first-order chi connectivity index (χ1) is 13.0. The van der Waals surface area contributed by atoms with Crippen molar-refractivity contribution in [1.82, 2.24) is 9.78 Å². The van der Waals surface area contributed by atoms with Gasteiger partial charge in [0, 0.05) is 12.6 Å². The fourth-order valence-corrected chi connectivity index (χ4v) is 3.14. The molecule has 140 valence electrons. The standard InChI is InChI=1S/C22H24N2O3/c1-4-27-22(26)19-14-24(23-21(19)20(25)12-15(2)3)13-17-10-7-9-16-8-5-6-11-18(16)17/h5-11,14-15H,4,12-13H2,1-3H3. The molecule has 5 nitrogen and oxygen atoms in total. The van der Waals surface area contributed by atoms with Gasteiger partial charge in [0.05, 0.1) is 13.2 Å². The molecule has 2 aromatic carbocycles. The smallest absolute Gasteiger partial charge is 0.342 e. The molecule has 1 heterocycles. The van der Waals surface area contributed by atoms with E-state index in [1.54, 1.807) is 17.8 Å². The van der Waals surface area contributed by atoms with Crippen LogP contribution in [0.15, 0.2) is 48.7 Å². The summed E-state index contributed by atoms with van der Waals surface area (Å²) in [6.45, 7) is 6.41. The van der Waals surface area contributed by atoms with Crippen LogP contribution in [0.4, 0.5) is 0 Å². The number of ether oxygens (including phenoxy) is 1. The molecule has 0 N–H and O–H groups in total. The van der Waals surface area contributed by atoms with Crippen molar-refractivity contribution in [3.8, 4) is 0 Å². The van der Waals surface area contributed by atoms with Crippen molar-refractivity contribution in [3.63, 3.8) is 0 Å². The maximum absolute atomic E-state index is 12.6. The van der Waals surface area contributed by atoms with E-state index in [4.69, 9.17) is 4.74 Å². The summed E-state index contributed by atoms with van der Waals surface area (Å²) in [7, 11) is 0. The first-order valence-corrected chi connectivity index (χ1v) is 9.24. The molecule has 1 aromatic heterocycles. The Labute approximate surface area is 158 Å². The molecule has 0 radical (unpaired) electrons. The van der Waals surface area contributed by atoms with E-state index in [2.05, 4.69) is 23.3 Å². The van der Waals surface area contributed by atoms with Gasteiger partial charge in [0.2, 0.25) is 0 Å². The fourth-order valence-electron chi connectivity index (χ4n) is 3.14. The van der Waals surface area contributed by atoms with Crippen molar-refractivity contribution in [2.24, 2.45) is 5.92 Å². The second kappa shape index (κ2) is 8.16. The number of ketones is 1. The van der Waals surface area contributed by atoms with Crippen LogP contribution in [0.5, 0.6) is 0 Å². The van der Waals surface area contributed by atoms with E-state index in [-0.39, 0.29) is 29.6 Å². The summed E-state index contributed by atoms with van der Waals surface area (Å²) >= 11 is 0. The highest BCUT2D eigenvalue weighted by Crippen LogP contribution is 2.21. The molecule has 0 spiro atoms. The molecule has 0 saturated carbocycles. The molecular formula is C22H24N2O3. The van der Waals surface area contributed by atoms with Gasteiger partial charge in [-0.25, -0.2) is 4.79 Å². The molecule has 0 unspecified atom stereocenters. The lowest BCUT2D eigenvalue weighted by molar-refractivity contribution is 0.0522. The Morgan fingerprint density at radius 2 is 1.85 bits per heavy atom.